The quantitative estimate of drug-likeness (QED) is 0.568. The number of halogens is 1. The number of hydrogen-bond donors (Lipinski definition) is 0. The molecule has 6 nitrogen and oxygen atoms in total. The zero-order chi connectivity index (χ0) is 18.0. The van der Waals surface area contributed by atoms with E-state index in [9.17, 15) is 14.4 Å². The fourth-order valence-electron chi connectivity index (χ4n) is 2.55. The maximum Gasteiger partial charge on any atom is 0.339 e. The van der Waals surface area contributed by atoms with Crippen LogP contribution < -0.4 is 9.64 Å². The largest absolute Gasteiger partial charge is 0.492 e. The molecule has 0 unspecified atom stereocenters. The van der Waals surface area contributed by atoms with Crippen LogP contribution >= 0.6 is 15.9 Å². The molecule has 1 aliphatic rings. The van der Waals surface area contributed by atoms with Crippen molar-refractivity contribution in [3.8, 4) is 5.75 Å². The van der Waals surface area contributed by atoms with E-state index in [0.29, 0.717) is 12.4 Å². The molecule has 1 fully saturated rings. The van der Waals surface area contributed by atoms with Crippen LogP contribution in [-0.2, 0) is 16.1 Å². The van der Waals surface area contributed by atoms with E-state index in [-0.39, 0.29) is 12.2 Å². The predicted molar refractivity (Wildman–Crippen MR) is 95.2 cm³/mol. The normalized spacial score (nSPS) is 14.4. The van der Waals surface area contributed by atoms with Gasteiger partial charge < -0.3 is 4.74 Å². The minimum absolute atomic E-state index is 0.0317. The smallest absolute Gasteiger partial charge is 0.339 e. The third kappa shape index (κ3) is 3.28. The van der Waals surface area contributed by atoms with Crippen molar-refractivity contribution in [3.63, 3.8) is 0 Å². The molecule has 0 spiro atoms. The Bertz CT molecular complexity index is 835. The Balaban J connectivity index is 1.91. The van der Waals surface area contributed by atoms with Crippen LogP contribution in [0, 0.1) is 0 Å². The Kier molecular flexibility index (Phi) is 4.85. The maximum absolute atomic E-state index is 12.7. The van der Waals surface area contributed by atoms with E-state index >= 15 is 0 Å². The molecule has 4 amide bonds. The number of ether oxygens (including phenoxy) is 1. The Labute approximate surface area is 153 Å². The highest BCUT2D eigenvalue weighted by Crippen LogP contribution is 2.32. The molecule has 2 aromatic carbocycles. The molecular formula is C18H15BrN2O4. The van der Waals surface area contributed by atoms with Crippen molar-refractivity contribution < 1.29 is 19.1 Å². The van der Waals surface area contributed by atoms with E-state index in [1.54, 1.807) is 43.3 Å². The summed E-state index contributed by atoms with van der Waals surface area (Å²) in [5.74, 6) is -1.35. The van der Waals surface area contributed by atoms with Gasteiger partial charge in [-0.25, -0.2) is 9.69 Å². The average Bonchev–Trinajstić information content (AvgIpc) is 2.81. The van der Waals surface area contributed by atoms with Gasteiger partial charge in [-0.3, -0.25) is 14.5 Å². The van der Waals surface area contributed by atoms with Gasteiger partial charge in [-0.1, -0.05) is 40.2 Å². The molecule has 0 bridgehead atoms. The van der Waals surface area contributed by atoms with Gasteiger partial charge >= 0.3 is 17.8 Å². The van der Waals surface area contributed by atoms with Crippen LogP contribution in [0.5, 0.6) is 5.75 Å². The van der Waals surface area contributed by atoms with Crippen LogP contribution in [0.15, 0.2) is 53.0 Å². The summed E-state index contributed by atoms with van der Waals surface area (Å²) in [6.45, 7) is 2.21. The molecule has 0 aromatic heterocycles. The third-order valence-electron chi connectivity index (χ3n) is 3.71. The number of amides is 4. The molecule has 2 aromatic rings. The number of para-hydroxylation sites is 2. The molecule has 1 saturated heterocycles. The van der Waals surface area contributed by atoms with Crippen molar-refractivity contribution in [2.45, 2.75) is 13.5 Å². The van der Waals surface area contributed by atoms with E-state index in [2.05, 4.69) is 15.9 Å². The zero-order valence-electron chi connectivity index (χ0n) is 13.4. The molecule has 0 saturated carbocycles. The fraction of sp³-hybridized carbons (Fsp3) is 0.167. The number of carbonyl (C=O) groups is 3. The molecule has 1 heterocycles. The first kappa shape index (κ1) is 17.2. The minimum atomic E-state index is -0.880. The van der Waals surface area contributed by atoms with Crippen molar-refractivity contribution in [1.82, 2.24) is 4.90 Å². The zero-order valence-corrected chi connectivity index (χ0v) is 15.0. The molecule has 128 valence electrons. The Morgan fingerprint density at radius 3 is 2.32 bits per heavy atom. The van der Waals surface area contributed by atoms with E-state index in [0.717, 1.165) is 19.8 Å². The van der Waals surface area contributed by atoms with Crippen molar-refractivity contribution in [2.24, 2.45) is 0 Å². The molecule has 1 aliphatic heterocycles. The Morgan fingerprint density at radius 1 is 0.960 bits per heavy atom. The Morgan fingerprint density at radius 2 is 1.64 bits per heavy atom. The summed E-state index contributed by atoms with van der Waals surface area (Å²) in [6.07, 6.45) is 0. The van der Waals surface area contributed by atoms with E-state index in [1.165, 1.54) is 0 Å². The lowest BCUT2D eigenvalue weighted by molar-refractivity contribution is -0.139. The second kappa shape index (κ2) is 7.06. The predicted octanol–water partition coefficient (Wildman–Crippen LogP) is 3.34. The standard InChI is InChI=1S/C18H15BrN2O4/c1-2-25-15-6-4-3-5-14(15)21-17(23)16(22)20(18(21)24)11-12-7-9-13(19)10-8-12/h3-10H,2,11H2,1H3. The van der Waals surface area contributed by atoms with Gasteiger partial charge in [0.05, 0.1) is 18.8 Å². The minimum Gasteiger partial charge on any atom is -0.492 e. The second-order valence-electron chi connectivity index (χ2n) is 5.34. The van der Waals surface area contributed by atoms with Crippen LogP contribution in [0.25, 0.3) is 0 Å². The topological polar surface area (TPSA) is 66.9 Å². The summed E-state index contributed by atoms with van der Waals surface area (Å²) in [6, 6.07) is 13.2. The van der Waals surface area contributed by atoms with Gasteiger partial charge in [0.1, 0.15) is 5.75 Å². The summed E-state index contributed by atoms with van der Waals surface area (Å²) < 4.78 is 6.35. The monoisotopic (exact) mass is 402 g/mol. The van der Waals surface area contributed by atoms with Gasteiger partial charge in [-0.15, -0.1) is 0 Å². The van der Waals surface area contributed by atoms with Crippen LogP contribution in [0.2, 0.25) is 0 Å². The van der Waals surface area contributed by atoms with Crippen molar-refractivity contribution in [3.05, 3.63) is 58.6 Å². The number of benzene rings is 2. The highest BCUT2D eigenvalue weighted by molar-refractivity contribution is 9.10. The first-order valence-electron chi connectivity index (χ1n) is 7.69. The molecule has 7 heteroatoms. The molecule has 0 radical (unpaired) electrons. The molecule has 25 heavy (non-hydrogen) atoms. The lowest BCUT2D eigenvalue weighted by Gasteiger charge is -2.18. The number of anilines is 1. The van der Waals surface area contributed by atoms with Crippen LogP contribution in [0.3, 0.4) is 0 Å². The third-order valence-corrected chi connectivity index (χ3v) is 4.24. The second-order valence-corrected chi connectivity index (χ2v) is 6.26. The molecular weight excluding hydrogens is 388 g/mol. The van der Waals surface area contributed by atoms with Gasteiger partial charge in [-0.05, 0) is 36.8 Å². The summed E-state index contributed by atoms with van der Waals surface area (Å²) in [5, 5.41) is 0. The molecule has 0 atom stereocenters. The van der Waals surface area contributed by atoms with Gasteiger partial charge in [0.2, 0.25) is 0 Å². The summed E-state index contributed by atoms with van der Waals surface area (Å²) in [4.78, 5) is 39.2. The Hall–Kier alpha value is -2.67. The van der Waals surface area contributed by atoms with E-state index < -0.39 is 17.8 Å². The van der Waals surface area contributed by atoms with Gasteiger partial charge in [0.15, 0.2) is 0 Å². The summed E-state index contributed by atoms with van der Waals surface area (Å²) in [7, 11) is 0. The van der Waals surface area contributed by atoms with Gasteiger partial charge in [0, 0.05) is 4.47 Å². The lowest BCUT2D eigenvalue weighted by atomic mass is 10.2. The number of carbonyl (C=O) groups excluding carboxylic acids is 3. The number of hydrogen-bond acceptors (Lipinski definition) is 4. The fourth-order valence-corrected chi connectivity index (χ4v) is 2.81. The first-order valence-corrected chi connectivity index (χ1v) is 8.48. The van der Waals surface area contributed by atoms with E-state index in [1.807, 2.05) is 12.1 Å². The lowest BCUT2D eigenvalue weighted by Crippen LogP contribution is -2.33. The summed E-state index contributed by atoms with van der Waals surface area (Å²) in [5.41, 5.74) is 1.02. The highest BCUT2D eigenvalue weighted by Gasteiger charge is 2.46. The van der Waals surface area contributed by atoms with Crippen molar-refractivity contribution >= 4 is 39.5 Å². The van der Waals surface area contributed by atoms with E-state index in [4.69, 9.17) is 4.74 Å². The highest BCUT2D eigenvalue weighted by atomic mass is 79.9. The molecule has 3 rings (SSSR count). The number of nitrogens with zero attached hydrogens (tertiary/aromatic N) is 2. The van der Waals surface area contributed by atoms with Crippen LogP contribution in [-0.4, -0.2) is 29.4 Å². The van der Waals surface area contributed by atoms with Crippen LogP contribution in [0.1, 0.15) is 12.5 Å². The van der Waals surface area contributed by atoms with Crippen molar-refractivity contribution in [2.75, 3.05) is 11.5 Å². The van der Waals surface area contributed by atoms with Crippen molar-refractivity contribution in [1.29, 1.82) is 0 Å². The average molecular weight is 403 g/mol. The van der Waals surface area contributed by atoms with Crippen LogP contribution in [0.4, 0.5) is 10.5 Å². The molecule has 0 aliphatic carbocycles. The van der Waals surface area contributed by atoms with Gasteiger partial charge in [-0.2, -0.15) is 0 Å². The number of urea groups is 1. The number of imide groups is 2. The SMILES string of the molecule is CCOc1ccccc1N1C(=O)C(=O)N(Cc2ccc(Br)cc2)C1=O. The summed E-state index contributed by atoms with van der Waals surface area (Å²) >= 11 is 3.33. The maximum atomic E-state index is 12.7. The first-order chi connectivity index (χ1) is 12.0. The van der Waals surface area contributed by atoms with Gasteiger partial charge in [0.25, 0.3) is 0 Å². The molecule has 0 N–H and O–H groups in total. The number of rotatable bonds is 5.